The van der Waals surface area contributed by atoms with Crippen molar-refractivity contribution in [3.63, 3.8) is 0 Å². The third kappa shape index (κ3) is 2.29. The summed E-state index contributed by atoms with van der Waals surface area (Å²) in [6, 6.07) is 6.08. The van der Waals surface area contributed by atoms with Gasteiger partial charge in [-0.2, -0.15) is 0 Å². The Morgan fingerprint density at radius 1 is 1.29 bits per heavy atom. The highest BCUT2D eigenvalue weighted by Gasteiger charge is 2.38. The Morgan fingerprint density at radius 2 is 2.19 bits per heavy atom. The highest BCUT2D eigenvalue weighted by molar-refractivity contribution is 5.94. The van der Waals surface area contributed by atoms with Crippen LogP contribution in [0.4, 0.5) is 5.95 Å². The Labute approximate surface area is 122 Å². The fourth-order valence-corrected chi connectivity index (χ4v) is 3.65. The number of anilines is 1. The second kappa shape index (κ2) is 5.11. The number of nitrogens with one attached hydrogen (secondary N) is 2. The van der Waals surface area contributed by atoms with Crippen LogP contribution in [0.3, 0.4) is 0 Å². The summed E-state index contributed by atoms with van der Waals surface area (Å²) in [5, 5.41) is 14.5. The maximum atomic E-state index is 12.4. The summed E-state index contributed by atoms with van der Waals surface area (Å²) in [7, 11) is 0. The molecule has 0 aromatic carbocycles. The smallest absolute Gasteiger partial charge is 0.243 e. The van der Waals surface area contributed by atoms with Crippen molar-refractivity contribution in [1.29, 1.82) is 0 Å². The summed E-state index contributed by atoms with van der Waals surface area (Å²) >= 11 is 0. The predicted molar refractivity (Wildman–Crippen MR) is 78.9 cm³/mol. The number of fused-ring (bicyclic) bond motifs is 2. The lowest BCUT2D eigenvalue weighted by molar-refractivity contribution is -0.117. The number of carbonyl (C=O) groups excluding carboxylic acids is 1. The van der Waals surface area contributed by atoms with E-state index in [9.17, 15) is 4.79 Å². The molecule has 1 saturated heterocycles. The molecule has 2 aliphatic rings. The van der Waals surface area contributed by atoms with Gasteiger partial charge in [-0.25, -0.2) is 0 Å². The summed E-state index contributed by atoms with van der Waals surface area (Å²) in [4.78, 5) is 12.4. The monoisotopic (exact) mass is 285 g/mol. The van der Waals surface area contributed by atoms with Gasteiger partial charge in [0.25, 0.3) is 0 Å². The first kappa shape index (κ1) is 12.8. The molecule has 3 atom stereocenters. The van der Waals surface area contributed by atoms with Gasteiger partial charge in [0.05, 0.1) is 6.04 Å². The van der Waals surface area contributed by atoms with E-state index >= 15 is 0 Å². The second-order valence-electron chi connectivity index (χ2n) is 6.05. The van der Waals surface area contributed by atoms with Gasteiger partial charge in [-0.05, 0) is 37.3 Å². The molecular weight excluding hydrogens is 266 g/mol. The number of pyridine rings is 1. The number of hydrogen-bond acceptors (Lipinski definition) is 4. The fraction of sp³-hybridized carbons (Fsp3) is 0.533. The van der Waals surface area contributed by atoms with Gasteiger partial charge in [-0.1, -0.05) is 18.9 Å². The van der Waals surface area contributed by atoms with Crippen molar-refractivity contribution in [3.05, 3.63) is 24.4 Å². The predicted octanol–water partition coefficient (Wildman–Crippen LogP) is 1.59. The first-order chi connectivity index (χ1) is 10.3. The van der Waals surface area contributed by atoms with Crippen molar-refractivity contribution < 1.29 is 4.79 Å². The highest BCUT2D eigenvalue weighted by atomic mass is 16.2. The summed E-state index contributed by atoms with van der Waals surface area (Å²) in [5.41, 5.74) is 0.737. The molecule has 1 amide bonds. The molecule has 3 unspecified atom stereocenters. The molecule has 2 aromatic rings. The molecule has 2 fully saturated rings. The van der Waals surface area contributed by atoms with Crippen LogP contribution in [0.15, 0.2) is 24.4 Å². The molecule has 1 saturated carbocycles. The Bertz CT molecular complexity index is 653. The Balaban J connectivity index is 1.48. The minimum Gasteiger partial charge on any atom is -0.303 e. The minimum atomic E-state index is -0.103. The molecule has 110 valence electrons. The summed E-state index contributed by atoms with van der Waals surface area (Å²) < 4.78 is 1.79. The summed E-state index contributed by atoms with van der Waals surface area (Å²) in [6.45, 7) is 0. The first-order valence-corrected chi connectivity index (χ1v) is 7.68. The van der Waals surface area contributed by atoms with Crippen LogP contribution < -0.4 is 10.6 Å². The molecule has 21 heavy (non-hydrogen) atoms. The Morgan fingerprint density at radius 3 is 3.10 bits per heavy atom. The number of amides is 1. The quantitative estimate of drug-likeness (QED) is 0.879. The molecule has 1 aliphatic heterocycles. The maximum Gasteiger partial charge on any atom is 0.243 e. The van der Waals surface area contributed by atoms with Crippen LogP contribution in [0.2, 0.25) is 0 Å². The topological polar surface area (TPSA) is 71.3 Å². The number of aromatic nitrogens is 3. The molecule has 0 spiro atoms. The molecule has 2 N–H and O–H groups in total. The normalized spacial score (nSPS) is 28.5. The zero-order valence-corrected chi connectivity index (χ0v) is 11.8. The van der Waals surface area contributed by atoms with Gasteiger partial charge in [0, 0.05) is 12.2 Å². The molecule has 1 aliphatic carbocycles. The van der Waals surface area contributed by atoms with Crippen LogP contribution >= 0.6 is 0 Å². The van der Waals surface area contributed by atoms with Crippen LogP contribution in [0.25, 0.3) is 5.65 Å². The van der Waals surface area contributed by atoms with Crippen molar-refractivity contribution in [1.82, 2.24) is 19.9 Å². The lowest BCUT2D eigenvalue weighted by Gasteiger charge is -2.24. The average Bonchev–Trinajstić information content (AvgIpc) is 3.11. The van der Waals surface area contributed by atoms with Crippen LogP contribution in [-0.4, -0.2) is 32.6 Å². The Kier molecular flexibility index (Phi) is 3.11. The zero-order valence-electron chi connectivity index (χ0n) is 11.8. The van der Waals surface area contributed by atoms with Crippen LogP contribution in [0.5, 0.6) is 0 Å². The van der Waals surface area contributed by atoms with Gasteiger partial charge in [0.15, 0.2) is 5.65 Å². The number of nitrogens with zero attached hydrogens (tertiary/aromatic N) is 3. The molecule has 0 radical (unpaired) electrons. The molecule has 6 nitrogen and oxygen atoms in total. The fourth-order valence-electron chi connectivity index (χ4n) is 3.65. The first-order valence-electron chi connectivity index (χ1n) is 7.68. The number of rotatable bonds is 2. The summed E-state index contributed by atoms with van der Waals surface area (Å²) in [5.74, 6) is 1.15. The van der Waals surface area contributed by atoms with Gasteiger partial charge in [-0.15, -0.1) is 10.2 Å². The lowest BCUT2D eigenvalue weighted by Crippen LogP contribution is -2.40. The van der Waals surface area contributed by atoms with Crippen molar-refractivity contribution in [2.75, 3.05) is 5.32 Å². The number of hydrogen-bond donors (Lipinski definition) is 2. The standard InChI is InChI=1S/C15H19N5O/c21-14(12-9-10-5-1-2-6-11(10)16-12)17-15-19-18-13-7-3-4-8-20(13)15/h3-4,7-8,10-12,16H,1-2,5-6,9H2,(H,17,19,21). The van der Waals surface area contributed by atoms with E-state index in [2.05, 4.69) is 20.8 Å². The van der Waals surface area contributed by atoms with Crippen molar-refractivity contribution >= 4 is 17.5 Å². The highest BCUT2D eigenvalue weighted by Crippen LogP contribution is 2.33. The maximum absolute atomic E-state index is 12.4. The molecule has 2 aromatic heterocycles. The van der Waals surface area contributed by atoms with E-state index in [4.69, 9.17) is 0 Å². The van der Waals surface area contributed by atoms with Crippen molar-refractivity contribution in [2.45, 2.75) is 44.2 Å². The van der Waals surface area contributed by atoms with Crippen LogP contribution in [0.1, 0.15) is 32.1 Å². The summed E-state index contributed by atoms with van der Waals surface area (Å²) in [6.07, 6.45) is 7.81. The third-order valence-corrected chi connectivity index (χ3v) is 4.73. The van der Waals surface area contributed by atoms with Crippen LogP contribution in [-0.2, 0) is 4.79 Å². The molecule has 3 heterocycles. The van der Waals surface area contributed by atoms with Crippen LogP contribution in [0, 0.1) is 5.92 Å². The van der Waals surface area contributed by atoms with E-state index in [0.717, 1.165) is 12.1 Å². The SMILES string of the molecule is O=C(Nc1nnc2ccccn12)C1CC2CCCCC2N1. The van der Waals surface area contributed by atoms with E-state index in [-0.39, 0.29) is 11.9 Å². The molecular formula is C15H19N5O. The van der Waals surface area contributed by atoms with Gasteiger partial charge < -0.3 is 5.32 Å². The molecule has 4 rings (SSSR count). The van der Waals surface area contributed by atoms with E-state index in [0.29, 0.717) is 17.9 Å². The van der Waals surface area contributed by atoms with Gasteiger partial charge in [0.2, 0.25) is 11.9 Å². The van der Waals surface area contributed by atoms with Gasteiger partial charge >= 0.3 is 0 Å². The average molecular weight is 285 g/mol. The Hall–Kier alpha value is -1.95. The number of carbonyl (C=O) groups is 1. The van der Waals surface area contributed by atoms with E-state index in [1.165, 1.54) is 25.7 Å². The van der Waals surface area contributed by atoms with Crippen molar-refractivity contribution in [2.24, 2.45) is 5.92 Å². The second-order valence-corrected chi connectivity index (χ2v) is 6.05. The zero-order chi connectivity index (χ0) is 14.2. The third-order valence-electron chi connectivity index (χ3n) is 4.73. The van der Waals surface area contributed by atoms with E-state index in [1.807, 2.05) is 24.4 Å². The van der Waals surface area contributed by atoms with E-state index < -0.39 is 0 Å². The lowest BCUT2D eigenvalue weighted by atomic mass is 9.85. The van der Waals surface area contributed by atoms with Crippen molar-refractivity contribution in [3.8, 4) is 0 Å². The molecule has 6 heteroatoms. The van der Waals surface area contributed by atoms with E-state index in [1.54, 1.807) is 4.40 Å². The van der Waals surface area contributed by atoms with Gasteiger partial charge in [-0.3, -0.25) is 14.5 Å². The van der Waals surface area contributed by atoms with Gasteiger partial charge in [0.1, 0.15) is 0 Å². The minimum absolute atomic E-state index is 0.00236. The largest absolute Gasteiger partial charge is 0.303 e. The molecule has 0 bridgehead atoms.